The predicted octanol–water partition coefficient (Wildman–Crippen LogP) is 1.99. The monoisotopic (exact) mass is 211 g/mol. The molecule has 1 aromatic rings. The average molecular weight is 211 g/mol. The maximum absolute atomic E-state index is 12.6. The molecule has 0 aromatic heterocycles. The van der Waals surface area contributed by atoms with E-state index in [4.69, 9.17) is 4.74 Å². The third-order valence-electron chi connectivity index (χ3n) is 2.47. The van der Waals surface area contributed by atoms with E-state index < -0.39 is 0 Å². The highest BCUT2D eigenvalue weighted by Crippen LogP contribution is 2.07. The Morgan fingerprint density at radius 3 is 2.53 bits per heavy atom. The van der Waals surface area contributed by atoms with Crippen LogP contribution in [0.5, 0.6) is 0 Å². The molecule has 1 aromatic carbocycles. The second kappa shape index (κ2) is 6.53. The first-order chi connectivity index (χ1) is 7.26. The molecule has 0 radical (unpaired) electrons. The van der Waals surface area contributed by atoms with Gasteiger partial charge in [-0.15, -0.1) is 0 Å². The Bertz CT molecular complexity index is 273. The smallest absolute Gasteiger partial charge is 0.123 e. The molecule has 0 fully saturated rings. The van der Waals surface area contributed by atoms with E-state index in [1.807, 2.05) is 19.2 Å². The molecule has 1 N–H and O–H groups in total. The first-order valence-electron chi connectivity index (χ1n) is 5.17. The maximum atomic E-state index is 12.6. The molecule has 2 nitrogen and oxygen atoms in total. The summed E-state index contributed by atoms with van der Waals surface area (Å²) < 4.78 is 17.7. The van der Waals surface area contributed by atoms with Crippen molar-refractivity contribution in [1.82, 2.24) is 5.32 Å². The number of benzene rings is 1. The number of rotatable bonds is 6. The largest absolute Gasteiger partial charge is 0.383 e. The van der Waals surface area contributed by atoms with E-state index in [0.29, 0.717) is 12.6 Å². The highest BCUT2D eigenvalue weighted by molar-refractivity contribution is 5.16. The molecule has 0 bridgehead atoms. The molecule has 15 heavy (non-hydrogen) atoms. The van der Waals surface area contributed by atoms with Gasteiger partial charge in [0.25, 0.3) is 0 Å². The van der Waals surface area contributed by atoms with Crippen molar-refractivity contribution in [1.29, 1.82) is 0 Å². The van der Waals surface area contributed by atoms with Crippen LogP contribution in [0.15, 0.2) is 24.3 Å². The van der Waals surface area contributed by atoms with E-state index in [-0.39, 0.29) is 5.82 Å². The van der Waals surface area contributed by atoms with Crippen molar-refractivity contribution in [3.63, 3.8) is 0 Å². The van der Waals surface area contributed by atoms with Crippen LogP contribution < -0.4 is 5.32 Å². The number of aryl methyl sites for hydroxylation is 1. The maximum Gasteiger partial charge on any atom is 0.123 e. The second-order valence-corrected chi connectivity index (χ2v) is 3.61. The van der Waals surface area contributed by atoms with Gasteiger partial charge in [0.2, 0.25) is 0 Å². The topological polar surface area (TPSA) is 21.3 Å². The number of hydrogen-bond donors (Lipinski definition) is 1. The molecule has 1 atom stereocenters. The lowest BCUT2D eigenvalue weighted by Crippen LogP contribution is -2.30. The fourth-order valence-corrected chi connectivity index (χ4v) is 1.50. The van der Waals surface area contributed by atoms with Crippen molar-refractivity contribution in [3.8, 4) is 0 Å². The molecule has 3 heteroatoms. The van der Waals surface area contributed by atoms with Crippen molar-refractivity contribution in [3.05, 3.63) is 35.6 Å². The number of ether oxygens (including phenoxy) is 1. The van der Waals surface area contributed by atoms with Gasteiger partial charge in [-0.25, -0.2) is 4.39 Å². The summed E-state index contributed by atoms with van der Waals surface area (Å²) in [5.41, 5.74) is 1.16. The Balaban J connectivity index is 2.38. The molecule has 1 unspecified atom stereocenters. The standard InChI is InChI=1S/C12H18FNO/c1-14-12(9-15-2)8-5-10-3-6-11(13)7-4-10/h3-4,6-7,12,14H,5,8-9H2,1-2H3. The zero-order valence-corrected chi connectivity index (χ0v) is 9.29. The average Bonchev–Trinajstić information content (AvgIpc) is 2.26. The molecule has 0 spiro atoms. The molecule has 0 saturated heterocycles. The van der Waals surface area contributed by atoms with Gasteiger partial charge in [0.05, 0.1) is 6.61 Å². The first kappa shape index (κ1) is 12.1. The van der Waals surface area contributed by atoms with Crippen LogP contribution in [-0.2, 0) is 11.2 Å². The van der Waals surface area contributed by atoms with Gasteiger partial charge in [0.15, 0.2) is 0 Å². The third-order valence-corrected chi connectivity index (χ3v) is 2.47. The Kier molecular flexibility index (Phi) is 5.29. The molecule has 0 amide bonds. The van der Waals surface area contributed by atoms with Gasteiger partial charge in [-0.05, 0) is 37.6 Å². The Labute approximate surface area is 90.4 Å². The first-order valence-corrected chi connectivity index (χ1v) is 5.17. The van der Waals surface area contributed by atoms with E-state index in [2.05, 4.69) is 5.32 Å². The van der Waals surface area contributed by atoms with Crippen LogP contribution in [0.4, 0.5) is 4.39 Å². The summed E-state index contributed by atoms with van der Waals surface area (Å²) in [6, 6.07) is 7.02. The number of likely N-dealkylation sites (N-methyl/N-ethyl adjacent to an activating group) is 1. The molecule has 0 aliphatic carbocycles. The SMILES string of the molecule is CNC(CCc1ccc(F)cc1)COC. The van der Waals surface area contributed by atoms with Crippen molar-refractivity contribution in [2.45, 2.75) is 18.9 Å². The van der Waals surface area contributed by atoms with E-state index >= 15 is 0 Å². The molecular weight excluding hydrogens is 193 g/mol. The van der Waals surface area contributed by atoms with Gasteiger partial charge in [0.1, 0.15) is 5.82 Å². The number of hydrogen-bond acceptors (Lipinski definition) is 2. The predicted molar refractivity (Wildman–Crippen MR) is 59.4 cm³/mol. The quantitative estimate of drug-likeness (QED) is 0.777. The molecule has 84 valence electrons. The lowest BCUT2D eigenvalue weighted by molar-refractivity contribution is 0.166. The Morgan fingerprint density at radius 1 is 1.33 bits per heavy atom. The third kappa shape index (κ3) is 4.40. The number of methoxy groups -OCH3 is 1. The minimum atomic E-state index is -0.180. The van der Waals surface area contributed by atoms with Crippen LogP contribution in [0.2, 0.25) is 0 Å². The summed E-state index contributed by atoms with van der Waals surface area (Å²) in [7, 11) is 3.62. The second-order valence-electron chi connectivity index (χ2n) is 3.61. The summed E-state index contributed by atoms with van der Waals surface area (Å²) in [6.07, 6.45) is 1.94. The van der Waals surface area contributed by atoms with Crippen LogP contribution in [0, 0.1) is 5.82 Å². The van der Waals surface area contributed by atoms with Crippen LogP contribution in [0.1, 0.15) is 12.0 Å². The van der Waals surface area contributed by atoms with E-state index in [1.54, 1.807) is 7.11 Å². The lowest BCUT2D eigenvalue weighted by Gasteiger charge is -2.14. The molecule has 0 aliphatic heterocycles. The zero-order chi connectivity index (χ0) is 11.1. The van der Waals surface area contributed by atoms with Gasteiger partial charge in [-0.1, -0.05) is 12.1 Å². The Morgan fingerprint density at radius 2 is 2.00 bits per heavy atom. The molecule has 0 saturated carbocycles. The minimum Gasteiger partial charge on any atom is -0.383 e. The zero-order valence-electron chi connectivity index (χ0n) is 9.29. The fourth-order valence-electron chi connectivity index (χ4n) is 1.50. The van der Waals surface area contributed by atoms with Crippen molar-refractivity contribution in [2.24, 2.45) is 0 Å². The van der Waals surface area contributed by atoms with E-state index in [9.17, 15) is 4.39 Å². The minimum absolute atomic E-state index is 0.180. The molecule has 0 aliphatic rings. The summed E-state index contributed by atoms with van der Waals surface area (Å²) in [5.74, 6) is -0.180. The van der Waals surface area contributed by atoms with Gasteiger partial charge in [0, 0.05) is 13.2 Å². The summed E-state index contributed by atoms with van der Waals surface area (Å²) >= 11 is 0. The van der Waals surface area contributed by atoms with Crippen molar-refractivity contribution >= 4 is 0 Å². The van der Waals surface area contributed by atoms with E-state index in [0.717, 1.165) is 18.4 Å². The Hall–Kier alpha value is -0.930. The summed E-state index contributed by atoms with van der Waals surface area (Å²) in [6.45, 7) is 0.706. The van der Waals surface area contributed by atoms with Crippen LogP contribution >= 0.6 is 0 Å². The highest BCUT2D eigenvalue weighted by atomic mass is 19.1. The molecule has 0 heterocycles. The van der Waals surface area contributed by atoms with Crippen molar-refractivity contribution in [2.75, 3.05) is 20.8 Å². The molecule has 1 rings (SSSR count). The highest BCUT2D eigenvalue weighted by Gasteiger charge is 2.05. The van der Waals surface area contributed by atoms with Crippen LogP contribution in [0.25, 0.3) is 0 Å². The fraction of sp³-hybridized carbons (Fsp3) is 0.500. The molecular formula is C12H18FNO. The van der Waals surface area contributed by atoms with Crippen LogP contribution in [-0.4, -0.2) is 26.8 Å². The lowest BCUT2D eigenvalue weighted by atomic mass is 10.1. The van der Waals surface area contributed by atoms with Gasteiger partial charge < -0.3 is 10.1 Å². The summed E-state index contributed by atoms with van der Waals surface area (Å²) in [5, 5.41) is 3.19. The van der Waals surface area contributed by atoms with Crippen molar-refractivity contribution < 1.29 is 9.13 Å². The van der Waals surface area contributed by atoms with Crippen LogP contribution in [0.3, 0.4) is 0 Å². The number of nitrogens with one attached hydrogen (secondary N) is 1. The number of halogens is 1. The van der Waals surface area contributed by atoms with Gasteiger partial charge in [-0.2, -0.15) is 0 Å². The van der Waals surface area contributed by atoms with E-state index in [1.165, 1.54) is 12.1 Å². The summed E-state index contributed by atoms with van der Waals surface area (Å²) in [4.78, 5) is 0. The normalized spacial score (nSPS) is 12.7. The van der Waals surface area contributed by atoms with Gasteiger partial charge in [-0.3, -0.25) is 0 Å². The van der Waals surface area contributed by atoms with Gasteiger partial charge >= 0.3 is 0 Å².